The summed E-state index contributed by atoms with van der Waals surface area (Å²) >= 11 is 0. The van der Waals surface area contributed by atoms with E-state index in [-0.39, 0.29) is 29.9 Å². The van der Waals surface area contributed by atoms with Crippen LogP contribution in [0.25, 0.3) is 0 Å². The van der Waals surface area contributed by atoms with Gasteiger partial charge < -0.3 is 20.4 Å². The Bertz CT molecular complexity index is 696. The summed E-state index contributed by atoms with van der Waals surface area (Å²) in [5.74, 6) is 0.596. The van der Waals surface area contributed by atoms with Crippen LogP contribution in [-0.4, -0.2) is 43.0 Å². The minimum Gasteiger partial charge on any atom is -0.377 e. The van der Waals surface area contributed by atoms with E-state index < -0.39 is 0 Å². The summed E-state index contributed by atoms with van der Waals surface area (Å²) in [5.41, 5.74) is 2.79. The molecule has 0 radical (unpaired) electrons. The standard InChI is InChI=1S/C24H42N4O2/c1-10-19(11-2)23(29)28(18(7)16(3)4)15-20-14-21(12-13-22(20)27(8)9)26-24(30)25-17(5)6/h12-14,16-19H,10-11,15H2,1-9H3,(H2,25,26,30). The molecule has 170 valence electrons. The first-order valence-electron chi connectivity index (χ1n) is 11.2. The minimum atomic E-state index is -0.228. The minimum absolute atomic E-state index is 0.0344. The van der Waals surface area contributed by atoms with E-state index in [9.17, 15) is 9.59 Å². The van der Waals surface area contributed by atoms with Gasteiger partial charge in [-0.2, -0.15) is 0 Å². The first-order chi connectivity index (χ1) is 14.0. The van der Waals surface area contributed by atoms with E-state index in [1.54, 1.807) is 0 Å². The number of hydrogen-bond donors (Lipinski definition) is 2. The average molecular weight is 419 g/mol. The van der Waals surface area contributed by atoms with Gasteiger partial charge in [-0.1, -0.05) is 27.7 Å². The van der Waals surface area contributed by atoms with E-state index in [4.69, 9.17) is 0 Å². The molecule has 1 atom stereocenters. The van der Waals surface area contributed by atoms with E-state index in [0.29, 0.717) is 12.5 Å². The van der Waals surface area contributed by atoms with Gasteiger partial charge in [-0.15, -0.1) is 0 Å². The van der Waals surface area contributed by atoms with Crippen molar-refractivity contribution in [3.63, 3.8) is 0 Å². The van der Waals surface area contributed by atoms with E-state index in [1.807, 2.05) is 55.9 Å². The summed E-state index contributed by atoms with van der Waals surface area (Å²) in [6.07, 6.45) is 1.68. The van der Waals surface area contributed by atoms with Crippen LogP contribution < -0.4 is 15.5 Å². The lowest BCUT2D eigenvalue weighted by atomic mass is 9.97. The van der Waals surface area contributed by atoms with Crippen molar-refractivity contribution in [2.24, 2.45) is 11.8 Å². The smallest absolute Gasteiger partial charge is 0.319 e. The Kier molecular flexibility index (Phi) is 10.2. The third-order valence-electron chi connectivity index (χ3n) is 5.65. The fourth-order valence-electron chi connectivity index (χ4n) is 3.49. The van der Waals surface area contributed by atoms with Crippen molar-refractivity contribution in [2.75, 3.05) is 24.3 Å². The molecule has 0 aromatic heterocycles. The molecule has 0 aliphatic rings. The molecule has 2 N–H and O–H groups in total. The van der Waals surface area contributed by atoms with Crippen LogP contribution in [0.3, 0.4) is 0 Å². The van der Waals surface area contributed by atoms with Gasteiger partial charge in [-0.05, 0) is 63.3 Å². The molecule has 0 bridgehead atoms. The van der Waals surface area contributed by atoms with Crippen molar-refractivity contribution in [1.82, 2.24) is 10.2 Å². The SMILES string of the molecule is CCC(CC)C(=O)N(Cc1cc(NC(=O)NC(C)C)ccc1N(C)C)C(C)C(C)C. The van der Waals surface area contributed by atoms with Gasteiger partial charge in [0.25, 0.3) is 0 Å². The van der Waals surface area contributed by atoms with Crippen LogP contribution in [0.5, 0.6) is 0 Å². The second kappa shape index (κ2) is 11.8. The Labute approximate surface area is 183 Å². The molecule has 0 spiro atoms. The molecule has 0 saturated heterocycles. The average Bonchev–Trinajstić information content (AvgIpc) is 2.65. The van der Waals surface area contributed by atoms with Crippen LogP contribution in [0.2, 0.25) is 0 Å². The van der Waals surface area contributed by atoms with E-state index in [1.165, 1.54) is 0 Å². The molecule has 6 nitrogen and oxygen atoms in total. The maximum absolute atomic E-state index is 13.4. The van der Waals surface area contributed by atoms with E-state index in [0.717, 1.165) is 29.8 Å². The highest BCUT2D eigenvalue weighted by molar-refractivity contribution is 5.90. The summed E-state index contributed by atoms with van der Waals surface area (Å²) in [4.78, 5) is 29.6. The highest BCUT2D eigenvalue weighted by Gasteiger charge is 2.28. The largest absolute Gasteiger partial charge is 0.377 e. The number of urea groups is 1. The molecule has 0 aliphatic heterocycles. The number of carbonyl (C=O) groups excluding carboxylic acids is 2. The molecule has 30 heavy (non-hydrogen) atoms. The number of amides is 3. The van der Waals surface area contributed by atoms with E-state index in [2.05, 4.69) is 45.3 Å². The van der Waals surface area contributed by atoms with Gasteiger partial charge in [0.05, 0.1) is 0 Å². The monoisotopic (exact) mass is 418 g/mol. The summed E-state index contributed by atoms with van der Waals surface area (Å²) in [7, 11) is 3.99. The summed E-state index contributed by atoms with van der Waals surface area (Å²) in [5, 5.41) is 5.75. The molecule has 1 aromatic carbocycles. The normalized spacial score (nSPS) is 12.3. The summed E-state index contributed by atoms with van der Waals surface area (Å²) in [6.45, 7) is 14.9. The van der Waals surface area contributed by atoms with Crippen molar-refractivity contribution in [3.8, 4) is 0 Å². The molecular weight excluding hydrogens is 376 g/mol. The number of rotatable bonds is 10. The fraction of sp³-hybridized carbons (Fsp3) is 0.667. The van der Waals surface area contributed by atoms with Crippen molar-refractivity contribution < 1.29 is 9.59 Å². The number of anilines is 2. The molecule has 0 saturated carbocycles. The zero-order chi connectivity index (χ0) is 23.0. The molecule has 0 aliphatic carbocycles. The van der Waals surface area contributed by atoms with Crippen molar-refractivity contribution >= 4 is 23.3 Å². The van der Waals surface area contributed by atoms with Crippen LogP contribution in [0, 0.1) is 11.8 Å². The number of nitrogens with one attached hydrogen (secondary N) is 2. The Hall–Kier alpha value is -2.24. The second-order valence-electron chi connectivity index (χ2n) is 8.96. The van der Waals surface area contributed by atoms with Gasteiger partial charge in [0.2, 0.25) is 5.91 Å². The first-order valence-corrected chi connectivity index (χ1v) is 11.2. The Morgan fingerprint density at radius 3 is 2.07 bits per heavy atom. The van der Waals surface area contributed by atoms with Crippen LogP contribution in [0.1, 0.15) is 66.9 Å². The predicted molar refractivity (Wildman–Crippen MR) is 127 cm³/mol. The molecular formula is C24H42N4O2. The van der Waals surface area contributed by atoms with Crippen molar-refractivity contribution in [1.29, 1.82) is 0 Å². The summed E-state index contributed by atoms with van der Waals surface area (Å²) in [6, 6.07) is 5.83. The third-order valence-corrected chi connectivity index (χ3v) is 5.65. The van der Waals surface area contributed by atoms with Crippen molar-refractivity contribution in [2.45, 2.75) is 79.9 Å². The van der Waals surface area contributed by atoms with Crippen LogP contribution in [0.15, 0.2) is 18.2 Å². The van der Waals surface area contributed by atoms with Gasteiger partial charge >= 0.3 is 6.03 Å². The molecule has 0 fully saturated rings. The number of nitrogens with zero attached hydrogens (tertiary/aromatic N) is 2. The molecule has 1 rings (SSSR count). The lowest BCUT2D eigenvalue weighted by Gasteiger charge is -2.35. The molecule has 1 unspecified atom stereocenters. The third kappa shape index (κ3) is 7.22. The maximum Gasteiger partial charge on any atom is 0.319 e. The van der Waals surface area contributed by atoms with Crippen LogP contribution >= 0.6 is 0 Å². The van der Waals surface area contributed by atoms with Crippen molar-refractivity contribution in [3.05, 3.63) is 23.8 Å². The Morgan fingerprint density at radius 2 is 1.60 bits per heavy atom. The summed E-state index contributed by atoms with van der Waals surface area (Å²) < 4.78 is 0. The number of benzene rings is 1. The Balaban J connectivity index is 3.29. The van der Waals surface area contributed by atoms with Gasteiger partial charge in [0.1, 0.15) is 0 Å². The van der Waals surface area contributed by atoms with Gasteiger partial charge in [0, 0.05) is 50.0 Å². The first kappa shape index (κ1) is 25.8. The maximum atomic E-state index is 13.4. The lowest BCUT2D eigenvalue weighted by Crippen LogP contribution is -2.44. The molecule has 1 aromatic rings. The van der Waals surface area contributed by atoms with Crippen LogP contribution in [-0.2, 0) is 11.3 Å². The molecule has 3 amide bonds. The highest BCUT2D eigenvalue weighted by atomic mass is 16.2. The van der Waals surface area contributed by atoms with Gasteiger partial charge in [0.15, 0.2) is 0 Å². The predicted octanol–water partition coefficient (Wildman–Crippen LogP) is 5.09. The molecule has 0 heterocycles. The zero-order valence-electron chi connectivity index (χ0n) is 20.4. The molecule has 6 heteroatoms. The lowest BCUT2D eigenvalue weighted by molar-refractivity contribution is -0.139. The van der Waals surface area contributed by atoms with Crippen LogP contribution in [0.4, 0.5) is 16.2 Å². The number of hydrogen-bond acceptors (Lipinski definition) is 3. The highest BCUT2D eigenvalue weighted by Crippen LogP contribution is 2.28. The zero-order valence-corrected chi connectivity index (χ0v) is 20.4. The van der Waals surface area contributed by atoms with Gasteiger partial charge in [-0.3, -0.25) is 4.79 Å². The van der Waals surface area contributed by atoms with Gasteiger partial charge in [-0.25, -0.2) is 4.79 Å². The number of carbonyl (C=O) groups is 2. The fourth-order valence-corrected chi connectivity index (χ4v) is 3.49. The quantitative estimate of drug-likeness (QED) is 0.556. The Morgan fingerprint density at radius 1 is 1.00 bits per heavy atom. The topological polar surface area (TPSA) is 64.7 Å². The second-order valence-corrected chi connectivity index (χ2v) is 8.96. The van der Waals surface area contributed by atoms with E-state index >= 15 is 0 Å².